The normalized spacial score (nSPS) is 15.2. The Morgan fingerprint density at radius 2 is 1.97 bits per heavy atom. The predicted octanol–water partition coefficient (Wildman–Crippen LogP) is 4.85. The number of hydrogen-bond acceptors (Lipinski definition) is 6. The molecule has 11 heteroatoms. The van der Waals surface area contributed by atoms with Crippen molar-refractivity contribution in [1.29, 1.82) is 0 Å². The molecule has 0 radical (unpaired) electrons. The van der Waals surface area contributed by atoms with E-state index in [9.17, 15) is 18.0 Å². The van der Waals surface area contributed by atoms with E-state index in [4.69, 9.17) is 5.73 Å². The van der Waals surface area contributed by atoms with Gasteiger partial charge >= 0.3 is 12.2 Å². The molecule has 4 rings (SSSR count). The number of anilines is 3. The van der Waals surface area contributed by atoms with Crippen LogP contribution in [0.3, 0.4) is 0 Å². The molecule has 1 saturated heterocycles. The fourth-order valence-electron chi connectivity index (χ4n) is 3.64. The number of urea groups is 1. The van der Waals surface area contributed by atoms with Crippen molar-refractivity contribution in [2.24, 2.45) is 5.92 Å². The van der Waals surface area contributed by atoms with Crippen LogP contribution in [0.25, 0.3) is 10.2 Å². The monoisotopic (exact) mass is 464 g/mol. The maximum absolute atomic E-state index is 13.2. The first-order chi connectivity index (χ1) is 15.2. The molecule has 0 atom stereocenters. The Morgan fingerprint density at radius 1 is 1.22 bits per heavy atom. The second-order valence-corrected chi connectivity index (χ2v) is 8.95. The number of nitrogen functional groups attached to an aromatic ring is 1. The van der Waals surface area contributed by atoms with Crippen LogP contribution in [0.15, 0.2) is 30.3 Å². The molecule has 1 aromatic carbocycles. The highest BCUT2D eigenvalue weighted by Crippen LogP contribution is 2.32. The number of nitrogens with two attached hydrogens (primary N) is 1. The van der Waals surface area contributed by atoms with Crippen LogP contribution >= 0.6 is 11.3 Å². The second kappa shape index (κ2) is 8.81. The standard InChI is InChI=1S/C21H23F3N6OS/c1-12-6-8-30(9-7-12)18-13(2-5-17(29-18)21(22,23)24)11-26-20(31)27-14-3-4-15-16(10-14)32-19(25)28-15/h2-5,10,12H,6-9,11H2,1H3,(H2,25,28)(H2,26,27,31). The van der Waals surface area contributed by atoms with Gasteiger partial charge in [0.15, 0.2) is 5.13 Å². The highest BCUT2D eigenvalue weighted by molar-refractivity contribution is 7.22. The van der Waals surface area contributed by atoms with Gasteiger partial charge in [-0.2, -0.15) is 13.2 Å². The van der Waals surface area contributed by atoms with E-state index in [-0.39, 0.29) is 12.4 Å². The molecule has 0 saturated carbocycles. The third-order valence-corrected chi connectivity index (χ3v) is 6.28. The highest BCUT2D eigenvalue weighted by Gasteiger charge is 2.34. The summed E-state index contributed by atoms with van der Waals surface area (Å²) in [5.41, 5.74) is 6.61. The summed E-state index contributed by atoms with van der Waals surface area (Å²) in [6, 6.07) is 7.10. The van der Waals surface area contributed by atoms with E-state index in [1.807, 2.05) is 4.90 Å². The van der Waals surface area contributed by atoms with E-state index in [1.54, 1.807) is 18.2 Å². The molecule has 0 bridgehead atoms. The van der Waals surface area contributed by atoms with E-state index in [0.717, 1.165) is 29.1 Å². The molecule has 2 aromatic heterocycles. The number of alkyl halides is 3. The number of carbonyl (C=O) groups is 1. The van der Waals surface area contributed by atoms with E-state index in [2.05, 4.69) is 27.5 Å². The van der Waals surface area contributed by atoms with Gasteiger partial charge in [-0.1, -0.05) is 24.3 Å². The SMILES string of the molecule is CC1CCN(c2nc(C(F)(F)F)ccc2CNC(=O)Nc2ccc3nc(N)sc3c2)CC1. The number of rotatable bonds is 4. The Balaban J connectivity index is 1.47. The van der Waals surface area contributed by atoms with Gasteiger partial charge in [0.2, 0.25) is 0 Å². The van der Waals surface area contributed by atoms with Crippen molar-refractivity contribution in [2.75, 3.05) is 29.0 Å². The molecule has 170 valence electrons. The van der Waals surface area contributed by atoms with Gasteiger partial charge in [-0.25, -0.2) is 14.8 Å². The van der Waals surface area contributed by atoms with Crippen molar-refractivity contribution in [3.8, 4) is 0 Å². The first kappa shape index (κ1) is 22.1. The van der Waals surface area contributed by atoms with Crippen molar-refractivity contribution in [2.45, 2.75) is 32.5 Å². The number of hydrogen-bond donors (Lipinski definition) is 3. The van der Waals surface area contributed by atoms with Gasteiger partial charge in [-0.15, -0.1) is 0 Å². The average Bonchev–Trinajstić information content (AvgIpc) is 3.11. The fourth-order valence-corrected chi connectivity index (χ4v) is 4.41. The third kappa shape index (κ3) is 5.04. The van der Waals surface area contributed by atoms with E-state index < -0.39 is 17.9 Å². The van der Waals surface area contributed by atoms with E-state index in [0.29, 0.717) is 35.4 Å². The van der Waals surface area contributed by atoms with Crippen molar-refractivity contribution in [3.63, 3.8) is 0 Å². The van der Waals surface area contributed by atoms with Crippen LogP contribution in [-0.4, -0.2) is 29.1 Å². The zero-order chi connectivity index (χ0) is 22.9. The number of piperidine rings is 1. The van der Waals surface area contributed by atoms with Crippen LogP contribution < -0.4 is 21.3 Å². The minimum atomic E-state index is -4.53. The largest absolute Gasteiger partial charge is 0.433 e. The Hall–Kier alpha value is -3.08. The summed E-state index contributed by atoms with van der Waals surface area (Å²) in [4.78, 5) is 22.3. The average molecular weight is 465 g/mol. The first-order valence-corrected chi connectivity index (χ1v) is 11.0. The Morgan fingerprint density at radius 3 is 2.69 bits per heavy atom. The number of nitrogens with zero attached hydrogens (tertiary/aromatic N) is 3. The van der Waals surface area contributed by atoms with Crippen LogP contribution in [0.1, 0.15) is 31.0 Å². The molecule has 1 aliphatic heterocycles. The molecule has 4 N–H and O–H groups in total. The molecule has 7 nitrogen and oxygen atoms in total. The zero-order valence-electron chi connectivity index (χ0n) is 17.4. The van der Waals surface area contributed by atoms with E-state index >= 15 is 0 Å². The molecule has 3 aromatic rings. The van der Waals surface area contributed by atoms with Gasteiger partial charge in [0.1, 0.15) is 11.5 Å². The lowest BCUT2D eigenvalue weighted by Crippen LogP contribution is -2.35. The molecule has 32 heavy (non-hydrogen) atoms. The first-order valence-electron chi connectivity index (χ1n) is 10.2. The molecule has 3 heterocycles. The smallest absolute Gasteiger partial charge is 0.375 e. The van der Waals surface area contributed by atoms with Crippen molar-refractivity contribution in [3.05, 3.63) is 41.6 Å². The number of nitrogens with one attached hydrogen (secondary N) is 2. The Bertz CT molecular complexity index is 1120. The molecule has 1 aliphatic rings. The summed E-state index contributed by atoms with van der Waals surface area (Å²) in [6.45, 7) is 3.44. The van der Waals surface area contributed by atoms with Crippen LogP contribution in [0.5, 0.6) is 0 Å². The number of thiazole rings is 1. The second-order valence-electron chi connectivity index (χ2n) is 7.89. The van der Waals surface area contributed by atoms with Crippen LogP contribution in [0.2, 0.25) is 0 Å². The maximum Gasteiger partial charge on any atom is 0.433 e. The minimum absolute atomic E-state index is 0.0497. The molecular formula is C21H23F3N6OS. The number of pyridine rings is 1. The lowest BCUT2D eigenvalue weighted by atomic mass is 9.99. The highest BCUT2D eigenvalue weighted by atomic mass is 32.1. The molecule has 0 spiro atoms. The minimum Gasteiger partial charge on any atom is -0.375 e. The van der Waals surface area contributed by atoms with E-state index in [1.165, 1.54) is 17.4 Å². The van der Waals surface area contributed by atoms with Crippen molar-refractivity contribution < 1.29 is 18.0 Å². The Labute approximate surface area is 186 Å². The molecule has 1 fully saturated rings. The number of fused-ring (bicyclic) bond motifs is 1. The lowest BCUT2D eigenvalue weighted by molar-refractivity contribution is -0.141. The molecular weight excluding hydrogens is 441 g/mol. The topological polar surface area (TPSA) is 96.2 Å². The van der Waals surface area contributed by atoms with Crippen molar-refractivity contribution >= 4 is 44.2 Å². The maximum atomic E-state index is 13.2. The van der Waals surface area contributed by atoms with Gasteiger partial charge in [0, 0.05) is 30.9 Å². The number of amides is 2. The summed E-state index contributed by atoms with van der Waals surface area (Å²) in [5.74, 6) is 0.796. The van der Waals surface area contributed by atoms with Gasteiger partial charge in [0.05, 0.1) is 10.2 Å². The molecule has 0 aliphatic carbocycles. The van der Waals surface area contributed by atoms with Crippen molar-refractivity contribution in [1.82, 2.24) is 15.3 Å². The zero-order valence-corrected chi connectivity index (χ0v) is 18.2. The van der Waals surface area contributed by atoms with Crippen LogP contribution in [-0.2, 0) is 12.7 Å². The fraction of sp³-hybridized carbons (Fsp3) is 0.381. The van der Waals surface area contributed by atoms with Gasteiger partial charge in [-0.3, -0.25) is 0 Å². The quantitative estimate of drug-likeness (QED) is 0.513. The van der Waals surface area contributed by atoms with Gasteiger partial charge in [0.25, 0.3) is 0 Å². The van der Waals surface area contributed by atoms with Gasteiger partial charge < -0.3 is 21.3 Å². The van der Waals surface area contributed by atoms with Crippen LogP contribution in [0, 0.1) is 5.92 Å². The third-order valence-electron chi connectivity index (χ3n) is 5.43. The number of halogens is 3. The van der Waals surface area contributed by atoms with Crippen LogP contribution in [0.4, 0.5) is 34.6 Å². The summed E-state index contributed by atoms with van der Waals surface area (Å²) in [6.07, 6.45) is -2.76. The van der Waals surface area contributed by atoms with Gasteiger partial charge in [-0.05, 0) is 43.0 Å². The lowest BCUT2D eigenvalue weighted by Gasteiger charge is -2.33. The Kier molecular flexibility index (Phi) is 6.09. The summed E-state index contributed by atoms with van der Waals surface area (Å²) in [7, 11) is 0. The number of benzene rings is 1. The summed E-state index contributed by atoms with van der Waals surface area (Å²) in [5, 5.41) is 5.88. The predicted molar refractivity (Wildman–Crippen MR) is 120 cm³/mol. The number of carbonyl (C=O) groups excluding carboxylic acids is 1. The molecule has 0 unspecified atom stereocenters. The number of aromatic nitrogens is 2. The summed E-state index contributed by atoms with van der Waals surface area (Å²) < 4.78 is 40.5. The summed E-state index contributed by atoms with van der Waals surface area (Å²) >= 11 is 1.31. The molecule has 2 amide bonds.